The van der Waals surface area contributed by atoms with Gasteiger partial charge in [-0.15, -0.1) is 0 Å². The molecule has 0 aromatic heterocycles. The first-order chi connectivity index (χ1) is 9.70. The second kappa shape index (κ2) is 6.68. The fourth-order valence-corrected chi connectivity index (χ4v) is 1.85. The molecule has 104 valence electrons. The molecular formula is C15H15NO4. The van der Waals surface area contributed by atoms with Crippen molar-refractivity contribution in [3.05, 3.63) is 69.8 Å². The standard InChI is InChI=1S/C15H15NO4/c17-10-9-13-3-1-2-4-15(13)20-11-12-5-7-14(8-6-12)16(18)19/h1-8,17H,9-11H2. The molecule has 0 radical (unpaired) electrons. The Labute approximate surface area is 116 Å². The summed E-state index contributed by atoms with van der Waals surface area (Å²) < 4.78 is 5.70. The molecule has 0 amide bonds. The summed E-state index contributed by atoms with van der Waals surface area (Å²) in [6.07, 6.45) is 0.538. The van der Waals surface area contributed by atoms with Crippen LogP contribution in [-0.2, 0) is 13.0 Å². The number of non-ortho nitro benzene ring substituents is 1. The Morgan fingerprint density at radius 3 is 2.45 bits per heavy atom. The molecule has 0 fully saturated rings. The van der Waals surface area contributed by atoms with Crippen LogP contribution in [0.15, 0.2) is 48.5 Å². The summed E-state index contributed by atoms with van der Waals surface area (Å²) in [5.74, 6) is 0.722. The van der Waals surface area contributed by atoms with Gasteiger partial charge < -0.3 is 9.84 Å². The maximum Gasteiger partial charge on any atom is 0.269 e. The van der Waals surface area contributed by atoms with E-state index < -0.39 is 4.92 Å². The SMILES string of the molecule is O=[N+]([O-])c1ccc(COc2ccccc2CCO)cc1. The van der Waals surface area contributed by atoms with Crippen LogP contribution in [0.4, 0.5) is 5.69 Å². The third-order valence-corrected chi connectivity index (χ3v) is 2.90. The molecule has 0 atom stereocenters. The van der Waals surface area contributed by atoms with Gasteiger partial charge in [0.15, 0.2) is 0 Å². The molecule has 2 aromatic rings. The average molecular weight is 273 g/mol. The molecule has 0 heterocycles. The molecule has 0 saturated carbocycles. The lowest BCUT2D eigenvalue weighted by molar-refractivity contribution is -0.384. The summed E-state index contributed by atoms with van der Waals surface area (Å²) in [5, 5.41) is 19.6. The van der Waals surface area contributed by atoms with Crippen molar-refractivity contribution in [3.8, 4) is 5.75 Å². The number of para-hydroxylation sites is 1. The molecule has 0 unspecified atom stereocenters. The van der Waals surface area contributed by atoms with E-state index in [1.165, 1.54) is 12.1 Å². The fraction of sp³-hybridized carbons (Fsp3) is 0.200. The second-order valence-electron chi connectivity index (χ2n) is 4.29. The van der Waals surface area contributed by atoms with Crippen LogP contribution in [0.25, 0.3) is 0 Å². The lowest BCUT2D eigenvalue weighted by atomic mass is 10.1. The molecule has 0 spiro atoms. The Morgan fingerprint density at radius 1 is 1.10 bits per heavy atom. The van der Waals surface area contributed by atoms with E-state index in [9.17, 15) is 10.1 Å². The minimum absolute atomic E-state index is 0.0643. The molecule has 1 N–H and O–H groups in total. The maximum atomic E-state index is 10.6. The highest BCUT2D eigenvalue weighted by Gasteiger charge is 2.06. The van der Waals surface area contributed by atoms with Crippen LogP contribution in [0.1, 0.15) is 11.1 Å². The molecule has 20 heavy (non-hydrogen) atoms. The van der Waals surface area contributed by atoms with E-state index in [4.69, 9.17) is 9.84 Å². The number of nitro benzene ring substituents is 1. The number of nitrogens with zero attached hydrogens (tertiary/aromatic N) is 1. The molecule has 0 aliphatic heterocycles. The predicted molar refractivity (Wildman–Crippen MR) is 74.7 cm³/mol. The van der Waals surface area contributed by atoms with Crippen molar-refractivity contribution in [2.45, 2.75) is 13.0 Å². The lowest BCUT2D eigenvalue weighted by Gasteiger charge is -2.10. The van der Waals surface area contributed by atoms with Crippen molar-refractivity contribution in [1.29, 1.82) is 0 Å². The first kappa shape index (κ1) is 14.0. The normalized spacial score (nSPS) is 10.2. The Kier molecular flexibility index (Phi) is 4.68. The molecule has 0 bridgehead atoms. The van der Waals surface area contributed by atoms with Crippen molar-refractivity contribution in [2.75, 3.05) is 6.61 Å². The highest BCUT2D eigenvalue weighted by atomic mass is 16.6. The average Bonchev–Trinajstić information content (AvgIpc) is 2.47. The van der Waals surface area contributed by atoms with Crippen LogP contribution in [0.2, 0.25) is 0 Å². The summed E-state index contributed by atoms with van der Waals surface area (Å²) in [6, 6.07) is 13.8. The van der Waals surface area contributed by atoms with Gasteiger partial charge in [-0.3, -0.25) is 10.1 Å². The Morgan fingerprint density at radius 2 is 1.80 bits per heavy atom. The number of aliphatic hydroxyl groups is 1. The number of aliphatic hydroxyl groups excluding tert-OH is 1. The summed E-state index contributed by atoms with van der Waals surface area (Å²) in [7, 11) is 0. The number of hydrogen-bond donors (Lipinski definition) is 1. The number of hydrogen-bond acceptors (Lipinski definition) is 4. The smallest absolute Gasteiger partial charge is 0.269 e. The van der Waals surface area contributed by atoms with Gasteiger partial charge in [-0.05, 0) is 35.7 Å². The number of ether oxygens (including phenoxy) is 1. The van der Waals surface area contributed by atoms with E-state index in [0.29, 0.717) is 13.0 Å². The van der Waals surface area contributed by atoms with Crippen LogP contribution in [0, 0.1) is 10.1 Å². The number of rotatable bonds is 6. The van der Waals surface area contributed by atoms with Crippen molar-refractivity contribution in [1.82, 2.24) is 0 Å². The molecule has 0 saturated heterocycles. The highest BCUT2D eigenvalue weighted by Crippen LogP contribution is 2.20. The van der Waals surface area contributed by atoms with Gasteiger partial charge in [-0.2, -0.15) is 0 Å². The lowest BCUT2D eigenvalue weighted by Crippen LogP contribution is -2.00. The largest absolute Gasteiger partial charge is 0.489 e. The van der Waals surface area contributed by atoms with E-state index in [-0.39, 0.29) is 12.3 Å². The van der Waals surface area contributed by atoms with Crippen LogP contribution < -0.4 is 4.74 Å². The van der Waals surface area contributed by atoms with E-state index in [1.807, 2.05) is 24.3 Å². The van der Waals surface area contributed by atoms with Gasteiger partial charge in [-0.1, -0.05) is 18.2 Å². The Hall–Kier alpha value is -2.40. The van der Waals surface area contributed by atoms with Gasteiger partial charge in [0.2, 0.25) is 0 Å². The molecular weight excluding hydrogens is 258 g/mol. The molecule has 0 aliphatic carbocycles. The zero-order valence-electron chi connectivity index (χ0n) is 10.9. The maximum absolute atomic E-state index is 10.6. The third kappa shape index (κ3) is 3.55. The third-order valence-electron chi connectivity index (χ3n) is 2.90. The molecule has 2 aromatic carbocycles. The monoisotopic (exact) mass is 273 g/mol. The second-order valence-corrected chi connectivity index (χ2v) is 4.29. The van der Waals surface area contributed by atoms with E-state index >= 15 is 0 Å². The summed E-state index contributed by atoms with van der Waals surface area (Å²) >= 11 is 0. The molecule has 0 aliphatic rings. The highest BCUT2D eigenvalue weighted by molar-refractivity contribution is 5.35. The van der Waals surface area contributed by atoms with Crippen LogP contribution in [0.3, 0.4) is 0 Å². The molecule has 2 rings (SSSR count). The van der Waals surface area contributed by atoms with Crippen molar-refractivity contribution in [3.63, 3.8) is 0 Å². The van der Waals surface area contributed by atoms with E-state index in [1.54, 1.807) is 12.1 Å². The van der Waals surface area contributed by atoms with Gasteiger partial charge in [0.1, 0.15) is 12.4 Å². The quantitative estimate of drug-likeness (QED) is 0.648. The minimum atomic E-state index is -0.429. The van der Waals surface area contributed by atoms with Crippen LogP contribution >= 0.6 is 0 Å². The zero-order chi connectivity index (χ0) is 14.4. The summed E-state index contributed by atoms with van der Waals surface area (Å²) in [4.78, 5) is 10.1. The van der Waals surface area contributed by atoms with Crippen LogP contribution in [-0.4, -0.2) is 16.6 Å². The summed E-state index contributed by atoms with van der Waals surface area (Å²) in [5.41, 5.74) is 1.86. The fourth-order valence-electron chi connectivity index (χ4n) is 1.85. The first-order valence-electron chi connectivity index (χ1n) is 6.25. The van der Waals surface area contributed by atoms with E-state index in [2.05, 4.69) is 0 Å². The molecule has 5 nitrogen and oxygen atoms in total. The van der Waals surface area contributed by atoms with Crippen molar-refractivity contribution < 1.29 is 14.8 Å². The van der Waals surface area contributed by atoms with Gasteiger partial charge in [0.25, 0.3) is 5.69 Å². The minimum Gasteiger partial charge on any atom is -0.489 e. The summed E-state index contributed by atoms with van der Waals surface area (Å²) in [6.45, 7) is 0.401. The van der Waals surface area contributed by atoms with Crippen molar-refractivity contribution in [2.24, 2.45) is 0 Å². The zero-order valence-corrected chi connectivity index (χ0v) is 10.9. The molecule has 5 heteroatoms. The number of benzene rings is 2. The number of nitro groups is 1. The Balaban J connectivity index is 2.03. The van der Waals surface area contributed by atoms with Crippen LogP contribution in [0.5, 0.6) is 5.75 Å². The van der Waals surface area contributed by atoms with Gasteiger partial charge in [0.05, 0.1) is 4.92 Å². The predicted octanol–water partition coefficient (Wildman–Crippen LogP) is 2.71. The Bertz CT molecular complexity index is 581. The van der Waals surface area contributed by atoms with Gasteiger partial charge in [0, 0.05) is 18.7 Å². The topological polar surface area (TPSA) is 72.6 Å². The van der Waals surface area contributed by atoms with Gasteiger partial charge >= 0.3 is 0 Å². The van der Waals surface area contributed by atoms with Gasteiger partial charge in [-0.25, -0.2) is 0 Å². The van der Waals surface area contributed by atoms with E-state index in [0.717, 1.165) is 16.9 Å². The van der Waals surface area contributed by atoms with Crippen molar-refractivity contribution >= 4 is 5.69 Å². The first-order valence-corrected chi connectivity index (χ1v) is 6.25.